The predicted molar refractivity (Wildman–Crippen MR) is 80.4 cm³/mol. The van der Waals surface area contributed by atoms with Crippen LogP contribution in [-0.4, -0.2) is 24.4 Å². The molecule has 2 atom stereocenters. The SMILES string of the molecule is COc1ccc(CC2CCCCC2O)cc1OC(C)C. The highest BCUT2D eigenvalue weighted by Crippen LogP contribution is 2.32. The van der Waals surface area contributed by atoms with Gasteiger partial charge >= 0.3 is 0 Å². The molecule has 1 N–H and O–H groups in total. The molecule has 0 amide bonds. The van der Waals surface area contributed by atoms with Gasteiger partial charge in [-0.1, -0.05) is 18.9 Å². The zero-order valence-corrected chi connectivity index (χ0v) is 12.8. The maximum Gasteiger partial charge on any atom is 0.161 e. The van der Waals surface area contributed by atoms with Crippen molar-refractivity contribution in [1.29, 1.82) is 0 Å². The van der Waals surface area contributed by atoms with E-state index in [1.54, 1.807) is 7.11 Å². The van der Waals surface area contributed by atoms with Crippen LogP contribution in [0.1, 0.15) is 45.1 Å². The molecule has 1 fully saturated rings. The summed E-state index contributed by atoms with van der Waals surface area (Å²) in [6, 6.07) is 6.09. The van der Waals surface area contributed by atoms with Crippen LogP contribution in [-0.2, 0) is 6.42 Å². The van der Waals surface area contributed by atoms with Gasteiger partial charge < -0.3 is 14.6 Å². The van der Waals surface area contributed by atoms with Crippen molar-refractivity contribution >= 4 is 0 Å². The van der Waals surface area contributed by atoms with Gasteiger partial charge in [-0.3, -0.25) is 0 Å². The van der Waals surface area contributed by atoms with Crippen LogP contribution < -0.4 is 9.47 Å². The molecule has 0 heterocycles. The van der Waals surface area contributed by atoms with E-state index in [4.69, 9.17) is 9.47 Å². The van der Waals surface area contributed by atoms with Gasteiger partial charge in [-0.2, -0.15) is 0 Å². The molecule has 1 aromatic carbocycles. The minimum Gasteiger partial charge on any atom is -0.493 e. The van der Waals surface area contributed by atoms with Crippen LogP contribution in [0.2, 0.25) is 0 Å². The highest BCUT2D eigenvalue weighted by Gasteiger charge is 2.23. The van der Waals surface area contributed by atoms with E-state index in [0.717, 1.165) is 37.2 Å². The van der Waals surface area contributed by atoms with Crippen LogP contribution in [0.25, 0.3) is 0 Å². The lowest BCUT2D eigenvalue weighted by molar-refractivity contribution is 0.0699. The van der Waals surface area contributed by atoms with Crippen LogP contribution in [0, 0.1) is 5.92 Å². The van der Waals surface area contributed by atoms with E-state index >= 15 is 0 Å². The quantitative estimate of drug-likeness (QED) is 0.894. The third-order valence-corrected chi connectivity index (χ3v) is 3.96. The number of benzene rings is 1. The minimum absolute atomic E-state index is 0.124. The zero-order chi connectivity index (χ0) is 14.5. The molecule has 112 valence electrons. The molecule has 0 aliphatic heterocycles. The molecule has 1 saturated carbocycles. The maximum atomic E-state index is 10.1. The van der Waals surface area contributed by atoms with Crippen molar-refractivity contribution in [2.24, 2.45) is 5.92 Å². The Kier molecular flexibility index (Phi) is 5.30. The standard InChI is InChI=1S/C17H26O3/c1-12(2)20-17-11-13(8-9-16(17)19-3)10-14-6-4-5-7-15(14)18/h8-9,11-12,14-15,18H,4-7,10H2,1-3H3. The summed E-state index contributed by atoms with van der Waals surface area (Å²) in [4.78, 5) is 0. The Balaban J connectivity index is 2.11. The summed E-state index contributed by atoms with van der Waals surface area (Å²) in [5, 5.41) is 10.1. The molecule has 0 spiro atoms. The second-order valence-corrected chi connectivity index (χ2v) is 5.97. The maximum absolute atomic E-state index is 10.1. The van der Waals surface area contributed by atoms with Crippen molar-refractivity contribution in [2.75, 3.05) is 7.11 Å². The van der Waals surface area contributed by atoms with Crippen molar-refractivity contribution < 1.29 is 14.6 Å². The zero-order valence-electron chi connectivity index (χ0n) is 12.8. The number of methoxy groups -OCH3 is 1. The van der Waals surface area contributed by atoms with Crippen molar-refractivity contribution in [1.82, 2.24) is 0 Å². The minimum atomic E-state index is -0.152. The first-order valence-corrected chi connectivity index (χ1v) is 7.61. The number of aliphatic hydroxyl groups excluding tert-OH is 1. The molecular weight excluding hydrogens is 252 g/mol. The molecule has 2 rings (SSSR count). The monoisotopic (exact) mass is 278 g/mol. The van der Waals surface area contributed by atoms with E-state index < -0.39 is 0 Å². The van der Waals surface area contributed by atoms with Crippen LogP contribution in [0.15, 0.2) is 18.2 Å². The molecule has 1 aliphatic carbocycles. The Morgan fingerprint density at radius 2 is 1.95 bits per heavy atom. The highest BCUT2D eigenvalue weighted by molar-refractivity contribution is 5.43. The normalized spacial score (nSPS) is 22.9. The molecule has 0 bridgehead atoms. The third-order valence-electron chi connectivity index (χ3n) is 3.96. The lowest BCUT2D eigenvalue weighted by atomic mass is 9.82. The molecule has 0 radical (unpaired) electrons. The van der Waals surface area contributed by atoms with Crippen LogP contribution >= 0.6 is 0 Å². The molecule has 0 saturated heterocycles. The van der Waals surface area contributed by atoms with Crippen molar-refractivity contribution in [3.8, 4) is 11.5 Å². The molecule has 0 aromatic heterocycles. The second-order valence-electron chi connectivity index (χ2n) is 5.97. The van der Waals surface area contributed by atoms with Gasteiger partial charge in [-0.05, 0) is 56.7 Å². The first kappa shape index (κ1) is 15.2. The van der Waals surface area contributed by atoms with Gasteiger partial charge in [0.2, 0.25) is 0 Å². The molecule has 3 nitrogen and oxygen atoms in total. The van der Waals surface area contributed by atoms with Crippen LogP contribution in [0.4, 0.5) is 0 Å². The van der Waals surface area contributed by atoms with Crippen molar-refractivity contribution in [2.45, 2.75) is 58.2 Å². The van der Waals surface area contributed by atoms with Crippen molar-refractivity contribution in [3.63, 3.8) is 0 Å². The average molecular weight is 278 g/mol. The van der Waals surface area contributed by atoms with Gasteiger partial charge in [0.15, 0.2) is 11.5 Å². The van der Waals surface area contributed by atoms with Crippen molar-refractivity contribution in [3.05, 3.63) is 23.8 Å². The highest BCUT2D eigenvalue weighted by atomic mass is 16.5. The predicted octanol–water partition coefficient (Wildman–Crippen LogP) is 3.58. The summed E-state index contributed by atoms with van der Waals surface area (Å²) in [5.74, 6) is 1.95. The third kappa shape index (κ3) is 3.89. The fourth-order valence-corrected chi connectivity index (χ4v) is 2.92. The first-order chi connectivity index (χ1) is 9.60. The lowest BCUT2D eigenvalue weighted by Crippen LogP contribution is -2.26. The smallest absolute Gasteiger partial charge is 0.161 e. The fraction of sp³-hybridized carbons (Fsp3) is 0.647. The Labute approximate surface area is 121 Å². The summed E-state index contributed by atoms with van der Waals surface area (Å²) in [6.45, 7) is 4.02. The summed E-state index contributed by atoms with van der Waals surface area (Å²) >= 11 is 0. The van der Waals surface area contributed by atoms with Gasteiger partial charge in [0.25, 0.3) is 0 Å². The average Bonchev–Trinajstić information content (AvgIpc) is 2.41. The van der Waals surface area contributed by atoms with Gasteiger partial charge in [0, 0.05) is 0 Å². The Hall–Kier alpha value is -1.22. The second kappa shape index (κ2) is 6.98. The molecule has 1 aromatic rings. The number of hydrogen-bond donors (Lipinski definition) is 1. The molecular formula is C17H26O3. The van der Waals surface area contributed by atoms with E-state index in [9.17, 15) is 5.11 Å². The van der Waals surface area contributed by atoms with E-state index in [1.807, 2.05) is 19.9 Å². The Morgan fingerprint density at radius 1 is 1.20 bits per heavy atom. The molecule has 2 unspecified atom stereocenters. The van der Waals surface area contributed by atoms with E-state index in [-0.39, 0.29) is 12.2 Å². The summed E-state index contributed by atoms with van der Waals surface area (Å²) < 4.78 is 11.1. The Morgan fingerprint density at radius 3 is 2.60 bits per heavy atom. The van der Waals surface area contributed by atoms with E-state index in [1.165, 1.54) is 12.0 Å². The van der Waals surface area contributed by atoms with E-state index in [2.05, 4.69) is 12.1 Å². The fourth-order valence-electron chi connectivity index (χ4n) is 2.92. The van der Waals surface area contributed by atoms with Gasteiger partial charge in [-0.15, -0.1) is 0 Å². The largest absolute Gasteiger partial charge is 0.493 e. The number of hydrogen-bond acceptors (Lipinski definition) is 3. The lowest BCUT2D eigenvalue weighted by Gasteiger charge is -2.27. The van der Waals surface area contributed by atoms with E-state index in [0.29, 0.717) is 5.92 Å². The topological polar surface area (TPSA) is 38.7 Å². The number of aliphatic hydroxyl groups is 1. The first-order valence-electron chi connectivity index (χ1n) is 7.61. The van der Waals surface area contributed by atoms with Crippen LogP contribution in [0.5, 0.6) is 11.5 Å². The Bertz CT molecular complexity index is 428. The summed E-state index contributed by atoms with van der Waals surface area (Å²) in [5.41, 5.74) is 1.22. The van der Waals surface area contributed by atoms with Gasteiger partial charge in [0.1, 0.15) is 0 Å². The number of rotatable bonds is 5. The molecule has 20 heavy (non-hydrogen) atoms. The molecule has 1 aliphatic rings. The summed E-state index contributed by atoms with van der Waals surface area (Å²) in [7, 11) is 1.66. The summed E-state index contributed by atoms with van der Waals surface area (Å²) in [6.07, 6.45) is 5.33. The molecule has 3 heteroatoms. The number of ether oxygens (including phenoxy) is 2. The van der Waals surface area contributed by atoms with Gasteiger partial charge in [0.05, 0.1) is 19.3 Å². The van der Waals surface area contributed by atoms with Gasteiger partial charge in [-0.25, -0.2) is 0 Å². The van der Waals surface area contributed by atoms with Crippen LogP contribution in [0.3, 0.4) is 0 Å².